The maximum absolute atomic E-state index is 14.0. The predicted molar refractivity (Wildman–Crippen MR) is 193 cm³/mol. The van der Waals surface area contributed by atoms with E-state index in [1.165, 1.54) is 11.3 Å². The molecule has 4 heterocycles. The number of carbonyl (C=O) groups excluding carboxylic acids is 2. The number of nitrogen functional groups attached to an aromatic ring is 1. The summed E-state index contributed by atoms with van der Waals surface area (Å²) >= 11 is 1.39. The lowest BCUT2D eigenvalue weighted by molar-refractivity contribution is -0.125. The Morgan fingerprint density at radius 1 is 1.04 bits per heavy atom. The monoisotopic (exact) mass is 690 g/mol. The van der Waals surface area contributed by atoms with Gasteiger partial charge in [-0.05, 0) is 78.0 Å². The maximum atomic E-state index is 14.0. The number of amides is 2. The molecule has 4 N–H and O–H groups in total. The molecule has 6 rings (SSSR count). The van der Waals surface area contributed by atoms with Crippen LogP contribution in [-0.4, -0.2) is 105 Å². The Kier molecular flexibility index (Phi) is 10.1. The second kappa shape index (κ2) is 14.2. The van der Waals surface area contributed by atoms with E-state index in [1.54, 1.807) is 4.90 Å². The fourth-order valence-electron chi connectivity index (χ4n) is 7.66. The molecule has 3 saturated heterocycles. The molecule has 0 saturated carbocycles. The Morgan fingerprint density at radius 3 is 2.29 bits per heavy atom. The fourth-order valence-corrected chi connectivity index (χ4v) is 8.85. The highest BCUT2D eigenvalue weighted by atomic mass is 32.1. The van der Waals surface area contributed by atoms with Gasteiger partial charge in [0.25, 0.3) is 0 Å². The first-order chi connectivity index (χ1) is 23.4. The zero-order valence-electron chi connectivity index (χ0n) is 29.3. The van der Waals surface area contributed by atoms with E-state index in [2.05, 4.69) is 32.2 Å². The molecule has 1 atom stereocenters. The van der Waals surface area contributed by atoms with Crippen molar-refractivity contribution in [3.8, 4) is 6.07 Å². The van der Waals surface area contributed by atoms with Gasteiger partial charge < -0.3 is 35.2 Å². The minimum absolute atomic E-state index is 0.0266. The molecule has 1 unspecified atom stereocenters. The van der Waals surface area contributed by atoms with Crippen LogP contribution in [0.5, 0.6) is 0 Å². The number of piperidine rings is 1. The molecule has 0 bridgehead atoms. The number of nitriles is 1. The highest BCUT2D eigenvalue weighted by Crippen LogP contribution is 2.45. The Bertz CT molecular complexity index is 1610. The highest BCUT2D eigenvalue weighted by Gasteiger charge is 2.43. The molecule has 1 aliphatic carbocycles. The van der Waals surface area contributed by atoms with Gasteiger partial charge in [-0.3, -0.25) is 15.1 Å². The minimum Gasteiger partial charge on any atom is -0.444 e. The number of benzene rings is 1. The molecule has 264 valence electrons. The molecule has 0 radical (unpaired) electrons. The van der Waals surface area contributed by atoms with Crippen molar-refractivity contribution in [3.63, 3.8) is 0 Å². The van der Waals surface area contributed by atoms with Gasteiger partial charge in [-0.2, -0.15) is 5.26 Å². The number of carbonyl (C=O) groups is 2. The van der Waals surface area contributed by atoms with Crippen molar-refractivity contribution >= 4 is 45.5 Å². The molecule has 2 amide bonds. The van der Waals surface area contributed by atoms with Crippen molar-refractivity contribution in [1.82, 2.24) is 15.1 Å². The number of nitrogens with two attached hydrogens (primary N) is 1. The lowest BCUT2D eigenvalue weighted by Crippen LogP contribution is -2.50. The van der Waals surface area contributed by atoms with Crippen molar-refractivity contribution in [2.45, 2.75) is 76.9 Å². The van der Waals surface area contributed by atoms with E-state index in [9.17, 15) is 14.9 Å². The molecule has 2 aromatic rings. The average molecular weight is 691 g/mol. The minimum atomic E-state index is -0.959. The van der Waals surface area contributed by atoms with Gasteiger partial charge in [-0.15, -0.1) is 11.3 Å². The zero-order chi connectivity index (χ0) is 34.9. The van der Waals surface area contributed by atoms with E-state index in [0.29, 0.717) is 54.8 Å². The summed E-state index contributed by atoms with van der Waals surface area (Å²) in [4.78, 5) is 36.7. The van der Waals surface area contributed by atoms with E-state index < -0.39 is 11.0 Å². The highest BCUT2D eigenvalue weighted by molar-refractivity contribution is 7.16. The molecule has 13 heteroatoms. The lowest BCUT2D eigenvalue weighted by Gasteiger charge is -2.41. The number of amidine groups is 1. The van der Waals surface area contributed by atoms with Gasteiger partial charge in [0.1, 0.15) is 22.5 Å². The summed E-state index contributed by atoms with van der Waals surface area (Å²) in [7, 11) is 0. The molecule has 1 aromatic carbocycles. The number of nitrogens with zero attached hydrogens (tertiary/aromatic N) is 5. The molecular weight excluding hydrogens is 641 g/mol. The van der Waals surface area contributed by atoms with Crippen LogP contribution in [0.1, 0.15) is 74.9 Å². The summed E-state index contributed by atoms with van der Waals surface area (Å²) in [5, 5.41) is 22.4. The van der Waals surface area contributed by atoms with Crippen molar-refractivity contribution < 1.29 is 19.1 Å². The molecule has 3 fully saturated rings. The molecule has 4 aliphatic rings. The second-order valence-corrected chi connectivity index (χ2v) is 16.0. The van der Waals surface area contributed by atoms with Gasteiger partial charge in [-0.1, -0.05) is 0 Å². The van der Waals surface area contributed by atoms with Gasteiger partial charge in [0.15, 0.2) is 0 Å². The third kappa shape index (κ3) is 7.51. The van der Waals surface area contributed by atoms with Crippen LogP contribution in [-0.2, 0) is 26.1 Å². The van der Waals surface area contributed by atoms with Crippen LogP contribution in [0, 0.1) is 16.7 Å². The number of rotatable bonds is 5. The van der Waals surface area contributed by atoms with E-state index >= 15 is 0 Å². The first-order valence-corrected chi connectivity index (χ1v) is 18.3. The molecule has 12 nitrogen and oxygen atoms in total. The number of anilines is 3. The van der Waals surface area contributed by atoms with Gasteiger partial charge in [0, 0.05) is 85.8 Å². The number of hydrogen-bond donors (Lipinski definition) is 3. The maximum Gasteiger partial charge on any atom is 0.410 e. The number of morpholine rings is 1. The number of hydrogen-bond acceptors (Lipinski definition) is 11. The van der Waals surface area contributed by atoms with Crippen LogP contribution >= 0.6 is 11.3 Å². The Hall–Kier alpha value is -3.86. The van der Waals surface area contributed by atoms with E-state index in [4.69, 9.17) is 20.6 Å². The molecule has 49 heavy (non-hydrogen) atoms. The van der Waals surface area contributed by atoms with Crippen molar-refractivity contribution in [3.05, 3.63) is 39.8 Å². The Labute approximate surface area is 293 Å². The van der Waals surface area contributed by atoms with Gasteiger partial charge >= 0.3 is 6.09 Å². The van der Waals surface area contributed by atoms with Crippen LogP contribution < -0.4 is 20.9 Å². The Morgan fingerprint density at radius 2 is 1.67 bits per heavy atom. The number of ether oxygens (including phenoxy) is 2. The quantitative estimate of drug-likeness (QED) is 0.308. The van der Waals surface area contributed by atoms with E-state index in [-0.39, 0.29) is 17.8 Å². The summed E-state index contributed by atoms with van der Waals surface area (Å²) in [5.74, 6) is -0.268. The summed E-state index contributed by atoms with van der Waals surface area (Å²) in [5.41, 5.74) is 8.38. The third-order valence-electron chi connectivity index (χ3n) is 10.4. The number of aryl methyl sites for hydroxylation is 1. The van der Waals surface area contributed by atoms with Crippen LogP contribution in [0.2, 0.25) is 0 Å². The van der Waals surface area contributed by atoms with E-state index in [1.807, 2.05) is 39.8 Å². The number of piperazine rings is 1. The summed E-state index contributed by atoms with van der Waals surface area (Å²) < 4.78 is 11.2. The molecular formula is C36H50N8O4S. The Balaban J connectivity index is 1.23. The lowest BCUT2D eigenvalue weighted by atomic mass is 9.72. The first-order valence-electron chi connectivity index (χ1n) is 17.5. The standard InChI is InChI=1S/C36H50N8O4S/c1-35(2,3)48-34(46)44-14-12-42(13-15-44)27-21-24(20-26(22-27)41-10-7-25(8-11-41)43-16-18-47-19-17-43)31(38)40-33(45)36(4)9-5-6-29-30(36)28(23-37)32(39)49-29/h20-22,25H,5-19,39H2,1-4H3,(H2,38,40,45). The summed E-state index contributed by atoms with van der Waals surface area (Å²) in [6.45, 7) is 15.1. The summed E-state index contributed by atoms with van der Waals surface area (Å²) in [6.07, 6.45) is 3.98. The molecule has 1 aromatic heterocycles. The first kappa shape index (κ1) is 35.0. The third-order valence-corrected chi connectivity index (χ3v) is 11.5. The van der Waals surface area contributed by atoms with Crippen LogP contribution in [0.4, 0.5) is 21.2 Å². The molecule has 0 spiro atoms. The van der Waals surface area contributed by atoms with Gasteiger partial charge in [0.2, 0.25) is 5.91 Å². The number of nitrogens with one attached hydrogen (secondary N) is 2. The normalized spacial score (nSPS) is 22.3. The molecule has 3 aliphatic heterocycles. The van der Waals surface area contributed by atoms with Gasteiger partial charge in [-0.25, -0.2) is 4.79 Å². The van der Waals surface area contributed by atoms with Crippen molar-refractivity contribution in [2.24, 2.45) is 0 Å². The van der Waals surface area contributed by atoms with Crippen LogP contribution in [0.3, 0.4) is 0 Å². The van der Waals surface area contributed by atoms with Crippen LogP contribution in [0.15, 0.2) is 18.2 Å². The smallest absolute Gasteiger partial charge is 0.410 e. The van der Waals surface area contributed by atoms with Gasteiger partial charge in [0.05, 0.1) is 24.2 Å². The predicted octanol–water partition coefficient (Wildman–Crippen LogP) is 4.30. The largest absolute Gasteiger partial charge is 0.444 e. The number of fused-ring (bicyclic) bond motifs is 1. The SMILES string of the molecule is CC(C)(C)OC(=O)N1CCN(c2cc(C(=N)NC(=O)C3(C)CCCc4sc(N)c(C#N)c43)cc(N3CCC(N4CCOCC4)CC3)c2)CC1. The zero-order valence-corrected chi connectivity index (χ0v) is 30.1. The average Bonchev–Trinajstić information content (AvgIpc) is 3.44. The number of thiophene rings is 1. The van der Waals surface area contributed by atoms with Crippen molar-refractivity contribution in [2.75, 3.05) is 81.1 Å². The fraction of sp³-hybridized carbons (Fsp3) is 0.611. The second-order valence-electron chi connectivity index (χ2n) is 14.8. The van der Waals surface area contributed by atoms with Crippen LogP contribution in [0.25, 0.3) is 0 Å². The van der Waals surface area contributed by atoms with E-state index in [0.717, 1.165) is 86.9 Å². The van der Waals surface area contributed by atoms with Crippen molar-refractivity contribution in [1.29, 1.82) is 10.7 Å². The summed E-state index contributed by atoms with van der Waals surface area (Å²) in [6, 6.07) is 8.92. The topological polar surface area (TPSA) is 151 Å².